The number of carbonyl (C=O) groups is 2. The monoisotopic (exact) mass is 415 g/mol. The van der Waals surface area contributed by atoms with Gasteiger partial charge in [0.1, 0.15) is 6.54 Å². The Morgan fingerprint density at radius 2 is 1.72 bits per heavy atom. The van der Waals surface area contributed by atoms with E-state index in [-0.39, 0.29) is 11.4 Å². The smallest absolute Gasteiger partial charge is 0.321 e. The minimum absolute atomic E-state index is 0.0896. The summed E-state index contributed by atoms with van der Waals surface area (Å²) in [6.45, 7) is 3.02. The van der Waals surface area contributed by atoms with Crippen molar-refractivity contribution in [3.63, 3.8) is 0 Å². The maximum atomic E-state index is 12.2. The van der Waals surface area contributed by atoms with Crippen molar-refractivity contribution < 1.29 is 22.7 Å². The van der Waals surface area contributed by atoms with Gasteiger partial charge in [-0.1, -0.05) is 29.8 Å². The number of amides is 1. The van der Waals surface area contributed by atoms with Gasteiger partial charge in [-0.3, -0.25) is 9.59 Å². The molecule has 0 aliphatic carbocycles. The molecular formula is C20H21N3O5S. The van der Waals surface area contributed by atoms with Crippen molar-refractivity contribution in [3.8, 4) is 6.07 Å². The summed E-state index contributed by atoms with van der Waals surface area (Å²) < 4.78 is 31.4. The lowest BCUT2D eigenvalue weighted by molar-refractivity contribution is -0.153. The molecule has 0 radical (unpaired) electrons. The van der Waals surface area contributed by atoms with Gasteiger partial charge in [0.15, 0.2) is 6.10 Å². The molecule has 152 valence electrons. The van der Waals surface area contributed by atoms with Gasteiger partial charge in [0, 0.05) is 6.54 Å². The molecule has 0 aliphatic heterocycles. The van der Waals surface area contributed by atoms with Gasteiger partial charge < -0.3 is 10.1 Å². The highest BCUT2D eigenvalue weighted by molar-refractivity contribution is 7.89. The summed E-state index contributed by atoms with van der Waals surface area (Å²) in [5, 5.41) is 11.4. The van der Waals surface area contributed by atoms with E-state index in [1.807, 2.05) is 37.3 Å². The van der Waals surface area contributed by atoms with Gasteiger partial charge in [-0.05, 0) is 43.7 Å². The van der Waals surface area contributed by atoms with E-state index in [1.54, 1.807) is 0 Å². The van der Waals surface area contributed by atoms with Crippen molar-refractivity contribution >= 4 is 21.9 Å². The van der Waals surface area contributed by atoms with Crippen molar-refractivity contribution in [1.82, 2.24) is 10.0 Å². The van der Waals surface area contributed by atoms with E-state index in [1.165, 1.54) is 31.2 Å². The van der Waals surface area contributed by atoms with Gasteiger partial charge in [-0.15, -0.1) is 0 Å². The van der Waals surface area contributed by atoms with E-state index in [0.717, 1.165) is 11.1 Å². The molecule has 0 bridgehead atoms. The molecule has 0 aliphatic rings. The first-order valence-corrected chi connectivity index (χ1v) is 10.2. The van der Waals surface area contributed by atoms with Crippen LogP contribution in [-0.4, -0.2) is 32.9 Å². The minimum atomic E-state index is -3.95. The number of hydrogen-bond acceptors (Lipinski definition) is 6. The lowest BCUT2D eigenvalue weighted by atomic mass is 10.1. The van der Waals surface area contributed by atoms with Crippen molar-refractivity contribution in [3.05, 3.63) is 65.2 Å². The maximum Gasteiger partial charge on any atom is 0.321 e. The van der Waals surface area contributed by atoms with Crippen LogP contribution in [0.15, 0.2) is 53.4 Å². The summed E-state index contributed by atoms with van der Waals surface area (Å²) in [5.74, 6) is -1.38. The number of nitrogens with zero attached hydrogens (tertiary/aromatic N) is 1. The number of ether oxygens (including phenoxy) is 1. The molecule has 9 heteroatoms. The molecule has 2 rings (SSSR count). The molecule has 0 unspecified atom stereocenters. The average Bonchev–Trinajstić information content (AvgIpc) is 2.71. The van der Waals surface area contributed by atoms with E-state index in [9.17, 15) is 18.0 Å². The third-order valence-electron chi connectivity index (χ3n) is 3.97. The molecule has 2 N–H and O–H groups in total. The zero-order valence-electron chi connectivity index (χ0n) is 16.0. The first kappa shape index (κ1) is 22.1. The number of nitrogens with one attached hydrogen (secondary N) is 2. The van der Waals surface area contributed by atoms with Crippen LogP contribution in [-0.2, 0) is 30.9 Å². The Morgan fingerprint density at radius 1 is 1.10 bits per heavy atom. The SMILES string of the molecule is Cc1ccc(CNC(=O)[C@H](C)OC(=O)CNS(=O)(=O)c2ccc(C#N)cc2)cc1. The highest BCUT2D eigenvalue weighted by Gasteiger charge is 2.20. The summed E-state index contributed by atoms with van der Waals surface area (Å²) in [6, 6.07) is 14.7. The van der Waals surface area contributed by atoms with Crippen LogP contribution in [0.25, 0.3) is 0 Å². The summed E-state index contributed by atoms with van der Waals surface area (Å²) in [5.41, 5.74) is 2.32. The van der Waals surface area contributed by atoms with Gasteiger partial charge in [0.2, 0.25) is 10.0 Å². The van der Waals surface area contributed by atoms with Crippen molar-refractivity contribution in [1.29, 1.82) is 5.26 Å². The number of nitriles is 1. The number of sulfonamides is 1. The first-order chi connectivity index (χ1) is 13.7. The lowest BCUT2D eigenvalue weighted by Crippen LogP contribution is -2.38. The van der Waals surface area contributed by atoms with Crippen LogP contribution in [0, 0.1) is 18.3 Å². The van der Waals surface area contributed by atoms with E-state index in [4.69, 9.17) is 10.00 Å². The van der Waals surface area contributed by atoms with Gasteiger partial charge >= 0.3 is 5.97 Å². The molecule has 0 saturated carbocycles. The molecule has 1 atom stereocenters. The van der Waals surface area contributed by atoms with Crippen molar-refractivity contribution in [2.24, 2.45) is 0 Å². The van der Waals surface area contributed by atoms with E-state index in [0.29, 0.717) is 5.56 Å². The average molecular weight is 415 g/mol. The molecule has 2 aromatic rings. The van der Waals surface area contributed by atoms with Crippen LogP contribution in [0.4, 0.5) is 0 Å². The van der Waals surface area contributed by atoms with Gasteiger partial charge in [-0.25, -0.2) is 8.42 Å². The van der Waals surface area contributed by atoms with Gasteiger partial charge in [0.05, 0.1) is 16.5 Å². The normalized spacial score (nSPS) is 11.9. The predicted molar refractivity (Wildman–Crippen MR) is 105 cm³/mol. The van der Waals surface area contributed by atoms with Crippen LogP contribution < -0.4 is 10.0 Å². The molecule has 29 heavy (non-hydrogen) atoms. The standard InChI is InChI=1S/C20H21N3O5S/c1-14-3-5-17(6-4-14)12-22-20(25)15(2)28-19(24)13-23-29(26,27)18-9-7-16(11-21)8-10-18/h3-10,15,23H,12-13H2,1-2H3,(H,22,25)/t15-/m0/s1. The number of benzene rings is 2. The Morgan fingerprint density at radius 3 is 2.31 bits per heavy atom. The maximum absolute atomic E-state index is 12.2. The van der Waals surface area contributed by atoms with E-state index >= 15 is 0 Å². The lowest BCUT2D eigenvalue weighted by Gasteiger charge is -2.14. The Labute approximate surface area is 169 Å². The zero-order valence-corrected chi connectivity index (χ0v) is 16.8. The highest BCUT2D eigenvalue weighted by Crippen LogP contribution is 2.10. The fourth-order valence-electron chi connectivity index (χ4n) is 2.28. The number of esters is 1. The summed E-state index contributed by atoms with van der Waals surface area (Å²) in [7, 11) is -3.95. The quantitative estimate of drug-likeness (QED) is 0.628. The molecular weight excluding hydrogens is 394 g/mol. The second-order valence-electron chi connectivity index (χ2n) is 6.30. The van der Waals surface area contributed by atoms with Crippen molar-refractivity contribution in [2.45, 2.75) is 31.4 Å². The third-order valence-corrected chi connectivity index (χ3v) is 5.38. The summed E-state index contributed by atoms with van der Waals surface area (Å²) in [6.07, 6.45) is -1.08. The number of carbonyl (C=O) groups excluding carboxylic acids is 2. The second kappa shape index (κ2) is 9.82. The largest absolute Gasteiger partial charge is 0.452 e. The topological polar surface area (TPSA) is 125 Å². The van der Waals surface area contributed by atoms with Crippen molar-refractivity contribution in [2.75, 3.05) is 6.54 Å². The van der Waals surface area contributed by atoms with Gasteiger partial charge in [0.25, 0.3) is 5.91 Å². The van der Waals surface area contributed by atoms with Crippen LogP contribution >= 0.6 is 0 Å². The fourth-order valence-corrected chi connectivity index (χ4v) is 3.25. The summed E-state index contributed by atoms with van der Waals surface area (Å²) in [4.78, 5) is 23.8. The Kier molecular flexibility index (Phi) is 7.47. The van der Waals surface area contributed by atoms with Gasteiger partial charge in [-0.2, -0.15) is 9.98 Å². The van der Waals surface area contributed by atoms with Crippen LogP contribution in [0.2, 0.25) is 0 Å². The van der Waals surface area contributed by atoms with Crippen LogP contribution in [0.5, 0.6) is 0 Å². The second-order valence-corrected chi connectivity index (χ2v) is 8.06. The summed E-state index contributed by atoms with van der Waals surface area (Å²) >= 11 is 0. The third kappa shape index (κ3) is 6.71. The highest BCUT2D eigenvalue weighted by atomic mass is 32.2. The fraction of sp³-hybridized carbons (Fsp3) is 0.250. The molecule has 8 nitrogen and oxygen atoms in total. The predicted octanol–water partition coefficient (Wildman–Crippen LogP) is 1.39. The van der Waals surface area contributed by atoms with Crippen LogP contribution in [0.1, 0.15) is 23.6 Å². The molecule has 0 heterocycles. The van der Waals surface area contributed by atoms with E-state index in [2.05, 4.69) is 10.0 Å². The molecule has 0 saturated heterocycles. The first-order valence-electron chi connectivity index (χ1n) is 8.74. The van der Waals surface area contributed by atoms with E-state index < -0.39 is 34.5 Å². The number of rotatable bonds is 8. The minimum Gasteiger partial charge on any atom is -0.452 e. The Balaban J connectivity index is 1.81. The Hall–Kier alpha value is -3.22. The number of aryl methyl sites for hydroxylation is 1. The Bertz CT molecular complexity index is 1010. The molecule has 1 amide bonds. The molecule has 0 spiro atoms. The zero-order chi connectivity index (χ0) is 21.4. The number of hydrogen-bond donors (Lipinski definition) is 2. The molecule has 2 aromatic carbocycles. The molecule has 0 aromatic heterocycles. The molecule has 0 fully saturated rings. The van der Waals surface area contributed by atoms with Crippen LogP contribution in [0.3, 0.4) is 0 Å².